The third-order valence-corrected chi connectivity index (χ3v) is 4.25. The fraction of sp³-hybridized carbons (Fsp3) is 0.200. The molecular formula is C20H20ClN3O2. The summed E-state index contributed by atoms with van der Waals surface area (Å²) >= 11 is 5.85. The van der Waals surface area contributed by atoms with E-state index >= 15 is 0 Å². The topological polar surface area (TPSA) is 58.2 Å². The van der Waals surface area contributed by atoms with Gasteiger partial charge in [0.25, 0.3) is 5.91 Å². The van der Waals surface area contributed by atoms with E-state index in [0.29, 0.717) is 23.7 Å². The Bertz CT molecular complexity index is 847. The van der Waals surface area contributed by atoms with E-state index in [1.807, 2.05) is 42.5 Å². The number of hydrogen-bond acceptors (Lipinski definition) is 3. The van der Waals surface area contributed by atoms with Crippen LogP contribution >= 0.6 is 11.6 Å². The van der Waals surface area contributed by atoms with Crippen molar-refractivity contribution in [2.75, 3.05) is 20.2 Å². The van der Waals surface area contributed by atoms with E-state index in [0.717, 1.165) is 23.4 Å². The number of aromatic amines is 1. The molecule has 0 atom stereocenters. The predicted molar refractivity (Wildman–Crippen MR) is 103 cm³/mol. The number of benzene rings is 2. The summed E-state index contributed by atoms with van der Waals surface area (Å²) in [6.07, 6.45) is 2.30. The number of ether oxygens (including phenoxy) is 1. The van der Waals surface area contributed by atoms with Crippen LogP contribution in [0, 0.1) is 0 Å². The van der Waals surface area contributed by atoms with E-state index in [-0.39, 0.29) is 5.91 Å². The van der Waals surface area contributed by atoms with Crippen molar-refractivity contribution in [2.45, 2.75) is 6.42 Å². The second-order valence-corrected chi connectivity index (χ2v) is 6.34. The second kappa shape index (κ2) is 8.54. The van der Waals surface area contributed by atoms with Gasteiger partial charge in [-0.15, -0.1) is 0 Å². The maximum atomic E-state index is 12.7. The van der Waals surface area contributed by atoms with E-state index in [1.165, 1.54) is 0 Å². The number of halogens is 1. The van der Waals surface area contributed by atoms with Gasteiger partial charge in [0.2, 0.25) is 0 Å². The Morgan fingerprint density at radius 1 is 1.15 bits per heavy atom. The lowest BCUT2D eigenvalue weighted by Gasteiger charge is -2.17. The zero-order valence-electron chi connectivity index (χ0n) is 14.5. The minimum atomic E-state index is -0.0657. The maximum absolute atomic E-state index is 12.7. The van der Waals surface area contributed by atoms with E-state index in [1.54, 1.807) is 30.3 Å². The molecule has 134 valence electrons. The minimum Gasteiger partial charge on any atom is -0.494 e. The quantitative estimate of drug-likeness (QED) is 0.632. The molecule has 0 bridgehead atoms. The summed E-state index contributed by atoms with van der Waals surface area (Å²) in [6, 6.07) is 16.9. The standard InChI is InChI=1S/C20H20ClN3O2/c1-24(12-5-13-26-17-10-8-16(21)9-11-17)20(25)18-14-22-23-19(18)15-6-3-2-4-7-15/h2-4,6-11,14H,5,12-13H2,1H3,(H,22,23). The molecule has 0 unspecified atom stereocenters. The second-order valence-electron chi connectivity index (χ2n) is 5.91. The summed E-state index contributed by atoms with van der Waals surface area (Å²) in [7, 11) is 1.78. The van der Waals surface area contributed by atoms with Crippen molar-refractivity contribution in [3.63, 3.8) is 0 Å². The van der Waals surface area contributed by atoms with Gasteiger partial charge in [-0.3, -0.25) is 9.89 Å². The highest BCUT2D eigenvalue weighted by atomic mass is 35.5. The Morgan fingerprint density at radius 2 is 1.88 bits per heavy atom. The molecule has 1 N–H and O–H groups in total. The summed E-state index contributed by atoms with van der Waals surface area (Å²) in [5.41, 5.74) is 2.24. The molecule has 0 saturated carbocycles. The first-order valence-corrected chi connectivity index (χ1v) is 8.75. The molecule has 0 aliphatic heterocycles. The van der Waals surface area contributed by atoms with Gasteiger partial charge in [0, 0.05) is 24.2 Å². The Morgan fingerprint density at radius 3 is 2.62 bits per heavy atom. The molecule has 0 aliphatic rings. The lowest BCUT2D eigenvalue weighted by molar-refractivity contribution is 0.0788. The highest BCUT2D eigenvalue weighted by molar-refractivity contribution is 6.30. The van der Waals surface area contributed by atoms with E-state index in [2.05, 4.69) is 10.2 Å². The van der Waals surface area contributed by atoms with Crippen LogP contribution in [-0.2, 0) is 0 Å². The van der Waals surface area contributed by atoms with Gasteiger partial charge in [-0.25, -0.2) is 0 Å². The van der Waals surface area contributed by atoms with Crippen molar-refractivity contribution in [2.24, 2.45) is 0 Å². The van der Waals surface area contributed by atoms with Crippen LogP contribution < -0.4 is 4.74 Å². The Labute approximate surface area is 157 Å². The first kappa shape index (κ1) is 18.0. The average Bonchev–Trinajstić information content (AvgIpc) is 3.16. The van der Waals surface area contributed by atoms with Gasteiger partial charge in [0.15, 0.2) is 0 Å². The number of hydrogen-bond donors (Lipinski definition) is 1. The molecular weight excluding hydrogens is 350 g/mol. The van der Waals surface area contributed by atoms with Crippen molar-refractivity contribution in [3.05, 3.63) is 71.4 Å². The summed E-state index contributed by atoms with van der Waals surface area (Å²) < 4.78 is 5.66. The molecule has 1 heterocycles. The van der Waals surface area contributed by atoms with Gasteiger partial charge >= 0.3 is 0 Å². The summed E-state index contributed by atoms with van der Waals surface area (Å²) in [4.78, 5) is 14.4. The van der Waals surface area contributed by atoms with E-state index < -0.39 is 0 Å². The minimum absolute atomic E-state index is 0.0657. The van der Waals surface area contributed by atoms with Crippen molar-refractivity contribution in [1.29, 1.82) is 0 Å². The monoisotopic (exact) mass is 369 g/mol. The first-order valence-electron chi connectivity index (χ1n) is 8.38. The Balaban J connectivity index is 1.54. The van der Waals surface area contributed by atoms with Gasteiger partial charge < -0.3 is 9.64 Å². The third-order valence-electron chi connectivity index (χ3n) is 4.00. The molecule has 0 fully saturated rings. The van der Waals surface area contributed by atoms with Crippen LogP contribution in [0.4, 0.5) is 0 Å². The van der Waals surface area contributed by atoms with Crippen LogP contribution in [0.1, 0.15) is 16.8 Å². The molecule has 3 aromatic rings. The molecule has 3 rings (SSSR count). The van der Waals surface area contributed by atoms with Gasteiger partial charge in [0.05, 0.1) is 24.1 Å². The molecule has 6 heteroatoms. The van der Waals surface area contributed by atoms with Gasteiger partial charge in [-0.05, 0) is 30.7 Å². The van der Waals surface area contributed by atoms with Crippen LogP contribution in [0.5, 0.6) is 5.75 Å². The van der Waals surface area contributed by atoms with Crippen molar-refractivity contribution in [1.82, 2.24) is 15.1 Å². The molecule has 1 aromatic heterocycles. The summed E-state index contributed by atoms with van der Waals surface area (Å²) in [6.45, 7) is 1.11. The zero-order valence-corrected chi connectivity index (χ0v) is 15.2. The number of carbonyl (C=O) groups is 1. The number of nitrogens with zero attached hydrogens (tertiary/aromatic N) is 2. The molecule has 1 amide bonds. The number of rotatable bonds is 7. The fourth-order valence-electron chi connectivity index (χ4n) is 2.60. The largest absolute Gasteiger partial charge is 0.494 e. The molecule has 0 aliphatic carbocycles. The number of aromatic nitrogens is 2. The molecule has 5 nitrogen and oxygen atoms in total. The lowest BCUT2D eigenvalue weighted by Crippen LogP contribution is -2.28. The first-order chi connectivity index (χ1) is 12.6. The molecule has 0 spiro atoms. The number of H-pyrrole nitrogens is 1. The van der Waals surface area contributed by atoms with Crippen LogP contribution in [0.25, 0.3) is 11.3 Å². The SMILES string of the molecule is CN(CCCOc1ccc(Cl)cc1)C(=O)c1cn[nH]c1-c1ccccc1. The summed E-state index contributed by atoms with van der Waals surface area (Å²) in [5.74, 6) is 0.702. The molecule has 0 saturated heterocycles. The molecule has 0 radical (unpaired) electrons. The van der Waals surface area contributed by atoms with Gasteiger partial charge in [0.1, 0.15) is 5.75 Å². The smallest absolute Gasteiger partial charge is 0.257 e. The van der Waals surface area contributed by atoms with E-state index in [4.69, 9.17) is 16.3 Å². The van der Waals surface area contributed by atoms with Crippen LogP contribution in [0.2, 0.25) is 5.02 Å². The van der Waals surface area contributed by atoms with Crippen molar-refractivity contribution < 1.29 is 9.53 Å². The van der Waals surface area contributed by atoms with Gasteiger partial charge in [-0.1, -0.05) is 41.9 Å². The fourth-order valence-corrected chi connectivity index (χ4v) is 2.73. The zero-order chi connectivity index (χ0) is 18.4. The molecule has 26 heavy (non-hydrogen) atoms. The number of amides is 1. The highest BCUT2D eigenvalue weighted by Gasteiger charge is 2.18. The van der Waals surface area contributed by atoms with Crippen LogP contribution in [0.15, 0.2) is 60.8 Å². The average molecular weight is 370 g/mol. The predicted octanol–water partition coefficient (Wildman–Crippen LogP) is 4.27. The number of nitrogens with one attached hydrogen (secondary N) is 1. The highest BCUT2D eigenvalue weighted by Crippen LogP contribution is 2.21. The Hall–Kier alpha value is -2.79. The van der Waals surface area contributed by atoms with Crippen molar-refractivity contribution in [3.8, 4) is 17.0 Å². The van der Waals surface area contributed by atoms with Gasteiger partial charge in [-0.2, -0.15) is 5.10 Å². The normalized spacial score (nSPS) is 10.5. The van der Waals surface area contributed by atoms with Crippen LogP contribution in [-0.4, -0.2) is 41.2 Å². The molecule has 2 aromatic carbocycles. The lowest BCUT2D eigenvalue weighted by atomic mass is 10.1. The number of carbonyl (C=O) groups excluding carboxylic acids is 1. The van der Waals surface area contributed by atoms with E-state index in [9.17, 15) is 4.79 Å². The Kier molecular flexibility index (Phi) is 5.92. The summed E-state index contributed by atoms with van der Waals surface area (Å²) in [5, 5.41) is 7.63. The van der Waals surface area contributed by atoms with Crippen LogP contribution in [0.3, 0.4) is 0 Å². The maximum Gasteiger partial charge on any atom is 0.257 e. The van der Waals surface area contributed by atoms with Crippen molar-refractivity contribution >= 4 is 17.5 Å². The third kappa shape index (κ3) is 4.43.